The van der Waals surface area contributed by atoms with E-state index in [-0.39, 0.29) is 11.8 Å². The predicted molar refractivity (Wildman–Crippen MR) is 87.0 cm³/mol. The Balaban J connectivity index is 1.74. The molecule has 2 rings (SSSR count). The maximum absolute atomic E-state index is 11.9. The van der Waals surface area contributed by atoms with Crippen molar-refractivity contribution in [1.29, 1.82) is 0 Å². The first-order valence-corrected chi connectivity index (χ1v) is 7.26. The van der Waals surface area contributed by atoms with Crippen molar-refractivity contribution in [3.63, 3.8) is 0 Å². The number of carbonyl (C=O) groups excluding carboxylic acids is 2. The van der Waals surface area contributed by atoms with Crippen molar-refractivity contribution in [1.82, 2.24) is 10.6 Å². The zero-order chi connectivity index (χ0) is 15.9. The van der Waals surface area contributed by atoms with E-state index in [1.165, 1.54) is 0 Å². The van der Waals surface area contributed by atoms with Gasteiger partial charge in [0.25, 0.3) is 11.8 Å². The van der Waals surface area contributed by atoms with Gasteiger partial charge in [0.15, 0.2) is 0 Å². The third kappa shape index (κ3) is 4.45. The van der Waals surface area contributed by atoms with Crippen molar-refractivity contribution in [3.05, 3.63) is 70.8 Å². The third-order valence-corrected chi connectivity index (χ3v) is 3.32. The number of nitrogens with one attached hydrogen (secondary N) is 2. The Bertz CT molecular complexity index is 586. The van der Waals surface area contributed by atoms with E-state index in [1.807, 2.05) is 38.1 Å². The SMILES string of the molecule is Cc1ccc(C(=O)NCCNC(=O)c2ccc(C)cc2)cc1. The van der Waals surface area contributed by atoms with Gasteiger partial charge in [0.2, 0.25) is 0 Å². The Kier molecular flexibility index (Phi) is 5.31. The average Bonchev–Trinajstić information content (AvgIpc) is 2.52. The molecule has 0 atom stereocenters. The van der Waals surface area contributed by atoms with Gasteiger partial charge < -0.3 is 10.6 Å². The van der Waals surface area contributed by atoms with Crippen molar-refractivity contribution >= 4 is 11.8 Å². The zero-order valence-electron chi connectivity index (χ0n) is 12.8. The van der Waals surface area contributed by atoms with Crippen LogP contribution in [0.15, 0.2) is 48.5 Å². The van der Waals surface area contributed by atoms with Gasteiger partial charge in [-0.2, -0.15) is 0 Å². The van der Waals surface area contributed by atoms with E-state index < -0.39 is 0 Å². The van der Waals surface area contributed by atoms with Gasteiger partial charge in [-0.25, -0.2) is 0 Å². The molecule has 0 aromatic heterocycles. The van der Waals surface area contributed by atoms with E-state index in [0.717, 1.165) is 11.1 Å². The molecule has 0 heterocycles. The van der Waals surface area contributed by atoms with E-state index in [9.17, 15) is 9.59 Å². The molecule has 0 saturated carbocycles. The van der Waals surface area contributed by atoms with E-state index in [0.29, 0.717) is 24.2 Å². The monoisotopic (exact) mass is 296 g/mol. The lowest BCUT2D eigenvalue weighted by Crippen LogP contribution is -2.34. The van der Waals surface area contributed by atoms with Crippen LogP contribution in [0.25, 0.3) is 0 Å². The Labute approximate surface area is 130 Å². The third-order valence-electron chi connectivity index (χ3n) is 3.32. The molecular formula is C18H20N2O2. The van der Waals surface area contributed by atoms with Crippen LogP contribution in [0.4, 0.5) is 0 Å². The molecule has 2 aromatic carbocycles. The fourth-order valence-corrected chi connectivity index (χ4v) is 1.97. The molecule has 2 N–H and O–H groups in total. The van der Waals surface area contributed by atoms with Crippen LogP contribution in [0.5, 0.6) is 0 Å². The molecule has 0 bridgehead atoms. The van der Waals surface area contributed by atoms with Crippen LogP contribution in [-0.4, -0.2) is 24.9 Å². The molecule has 0 unspecified atom stereocenters. The zero-order valence-corrected chi connectivity index (χ0v) is 12.8. The Morgan fingerprint density at radius 2 is 1.00 bits per heavy atom. The van der Waals surface area contributed by atoms with Gasteiger partial charge in [0, 0.05) is 24.2 Å². The van der Waals surface area contributed by atoms with Crippen LogP contribution in [-0.2, 0) is 0 Å². The molecule has 0 aliphatic heterocycles. The number of benzene rings is 2. The van der Waals surface area contributed by atoms with Crippen molar-refractivity contribution in [2.24, 2.45) is 0 Å². The highest BCUT2D eigenvalue weighted by atomic mass is 16.2. The molecule has 2 amide bonds. The topological polar surface area (TPSA) is 58.2 Å². The van der Waals surface area contributed by atoms with Gasteiger partial charge in [-0.3, -0.25) is 9.59 Å². The van der Waals surface area contributed by atoms with Gasteiger partial charge in [-0.05, 0) is 38.1 Å². The minimum absolute atomic E-state index is 0.135. The van der Waals surface area contributed by atoms with Gasteiger partial charge in [-0.1, -0.05) is 35.4 Å². The Hall–Kier alpha value is -2.62. The van der Waals surface area contributed by atoms with Gasteiger partial charge in [-0.15, -0.1) is 0 Å². The van der Waals surface area contributed by atoms with Crippen molar-refractivity contribution in [2.75, 3.05) is 13.1 Å². The average molecular weight is 296 g/mol. The minimum atomic E-state index is -0.135. The van der Waals surface area contributed by atoms with Gasteiger partial charge in [0.1, 0.15) is 0 Å². The summed E-state index contributed by atoms with van der Waals surface area (Å²) in [6.45, 7) is 4.74. The first kappa shape index (κ1) is 15.8. The summed E-state index contributed by atoms with van der Waals surface area (Å²) in [4.78, 5) is 23.8. The molecule has 2 aromatic rings. The predicted octanol–water partition coefficient (Wildman–Crippen LogP) is 2.46. The highest BCUT2D eigenvalue weighted by Gasteiger charge is 2.06. The maximum Gasteiger partial charge on any atom is 0.251 e. The van der Waals surface area contributed by atoms with Gasteiger partial charge >= 0.3 is 0 Å². The summed E-state index contributed by atoms with van der Waals surface area (Å²) in [5.74, 6) is -0.269. The van der Waals surface area contributed by atoms with Crippen LogP contribution in [0.3, 0.4) is 0 Å². The molecule has 0 spiro atoms. The maximum atomic E-state index is 11.9. The van der Waals surface area contributed by atoms with E-state index >= 15 is 0 Å². The highest BCUT2D eigenvalue weighted by Crippen LogP contribution is 2.03. The molecule has 22 heavy (non-hydrogen) atoms. The summed E-state index contributed by atoms with van der Waals surface area (Å²) >= 11 is 0. The number of hydrogen-bond donors (Lipinski definition) is 2. The molecule has 0 radical (unpaired) electrons. The summed E-state index contributed by atoms with van der Waals surface area (Å²) in [5, 5.41) is 5.56. The highest BCUT2D eigenvalue weighted by molar-refractivity contribution is 5.95. The van der Waals surface area contributed by atoms with E-state index in [2.05, 4.69) is 10.6 Å². The number of amides is 2. The number of rotatable bonds is 5. The molecule has 4 nitrogen and oxygen atoms in total. The van der Waals surface area contributed by atoms with Crippen LogP contribution in [0.2, 0.25) is 0 Å². The molecule has 0 fully saturated rings. The molecule has 0 aliphatic carbocycles. The van der Waals surface area contributed by atoms with Crippen molar-refractivity contribution in [3.8, 4) is 0 Å². The van der Waals surface area contributed by atoms with Crippen LogP contribution >= 0.6 is 0 Å². The number of aryl methyl sites for hydroxylation is 2. The van der Waals surface area contributed by atoms with Crippen molar-refractivity contribution < 1.29 is 9.59 Å². The second-order valence-electron chi connectivity index (χ2n) is 5.24. The second kappa shape index (κ2) is 7.41. The van der Waals surface area contributed by atoms with Crippen LogP contribution in [0.1, 0.15) is 31.8 Å². The Morgan fingerprint density at radius 1 is 0.682 bits per heavy atom. The smallest absolute Gasteiger partial charge is 0.251 e. The molecular weight excluding hydrogens is 276 g/mol. The quantitative estimate of drug-likeness (QED) is 0.833. The molecule has 4 heteroatoms. The fourth-order valence-electron chi connectivity index (χ4n) is 1.97. The first-order chi connectivity index (χ1) is 10.6. The molecule has 114 valence electrons. The normalized spacial score (nSPS) is 10.1. The van der Waals surface area contributed by atoms with Gasteiger partial charge in [0.05, 0.1) is 0 Å². The standard InChI is InChI=1S/C18H20N2O2/c1-13-3-7-15(8-4-13)17(21)19-11-12-20-18(22)16-9-5-14(2)6-10-16/h3-10H,11-12H2,1-2H3,(H,19,21)(H,20,22). The summed E-state index contributed by atoms with van der Waals surface area (Å²) < 4.78 is 0. The summed E-state index contributed by atoms with van der Waals surface area (Å²) in [7, 11) is 0. The fraction of sp³-hybridized carbons (Fsp3) is 0.222. The van der Waals surface area contributed by atoms with Crippen LogP contribution in [0, 0.1) is 13.8 Å². The number of hydrogen-bond acceptors (Lipinski definition) is 2. The lowest BCUT2D eigenvalue weighted by molar-refractivity contribution is 0.0927. The summed E-state index contributed by atoms with van der Waals surface area (Å²) in [5.41, 5.74) is 3.47. The van der Waals surface area contributed by atoms with E-state index in [1.54, 1.807) is 24.3 Å². The van der Waals surface area contributed by atoms with Crippen molar-refractivity contribution in [2.45, 2.75) is 13.8 Å². The van der Waals surface area contributed by atoms with Crippen LogP contribution < -0.4 is 10.6 Å². The first-order valence-electron chi connectivity index (χ1n) is 7.26. The Morgan fingerprint density at radius 3 is 1.32 bits per heavy atom. The molecule has 0 saturated heterocycles. The summed E-state index contributed by atoms with van der Waals surface area (Å²) in [6.07, 6.45) is 0. The molecule has 0 aliphatic rings. The summed E-state index contributed by atoms with van der Waals surface area (Å²) in [6, 6.07) is 14.7. The minimum Gasteiger partial charge on any atom is -0.350 e. The lowest BCUT2D eigenvalue weighted by Gasteiger charge is -2.07. The number of carbonyl (C=O) groups is 2. The second-order valence-corrected chi connectivity index (χ2v) is 5.24. The van der Waals surface area contributed by atoms with E-state index in [4.69, 9.17) is 0 Å². The lowest BCUT2D eigenvalue weighted by atomic mass is 10.1. The largest absolute Gasteiger partial charge is 0.350 e.